The molecule has 0 amide bonds. The van der Waals surface area contributed by atoms with Gasteiger partial charge in [-0.15, -0.1) is 0 Å². The Morgan fingerprint density at radius 3 is 2.58 bits per heavy atom. The van der Waals surface area contributed by atoms with Gasteiger partial charge in [0.2, 0.25) is 0 Å². The summed E-state index contributed by atoms with van der Waals surface area (Å²) in [4.78, 5) is 12.3. The Hall–Kier alpha value is -2.48. The maximum absolute atomic E-state index is 12.0. The fourth-order valence-corrected chi connectivity index (χ4v) is 5.25. The summed E-state index contributed by atoms with van der Waals surface area (Å²) in [6, 6.07) is 7.76. The molecule has 2 fully saturated rings. The summed E-state index contributed by atoms with van der Waals surface area (Å²) < 4.78 is 25.8. The monoisotopic (exact) mass is 369 g/mol. The highest BCUT2D eigenvalue weighted by atomic mass is 32.2. The first kappa shape index (κ1) is 15.7. The summed E-state index contributed by atoms with van der Waals surface area (Å²) in [7, 11) is -3.00. The molecule has 3 aromatic rings. The van der Waals surface area contributed by atoms with Gasteiger partial charge in [0.15, 0.2) is 21.5 Å². The van der Waals surface area contributed by atoms with E-state index in [2.05, 4.69) is 9.97 Å². The number of aromatic nitrogens is 5. The van der Waals surface area contributed by atoms with E-state index in [1.54, 1.807) is 12.4 Å². The highest BCUT2D eigenvalue weighted by Crippen LogP contribution is 2.41. The molecule has 1 aliphatic carbocycles. The predicted molar refractivity (Wildman–Crippen MR) is 97.3 cm³/mol. The van der Waals surface area contributed by atoms with Crippen LogP contribution in [0.4, 0.5) is 0 Å². The first-order valence-corrected chi connectivity index (χ1v) is 10.7. The molecular formula is C18H19N5O2S. The highest BCUT2D eigenvalue weighted by molar-refractivity contribution is 7.91. The Morgan fingerprint density at radius 2 is 1.92 bits per heavy atom. The van der Waals surface area contributed by atoms with Gasteiger partial charge in [-0.05, 0) is 19.3 Å². The Balaban J connectivity index is 1.66. The summed E-state index contributed by atoms with van der Waals surface area (Å²) in [5.41, 5.74) is 1.86. The third-order valence-electron chi connectivity index (χ3n) is 5.07. The van der Waals surface area contributed by atoms with Gasteiger partial charge in [-0.25, -0.2) is 23.1 Å². The second-order valence-corrected chi connectivity index (χ2v) is 9.28. The first-order chi connectivity index (χ1) is 12.6. The lowest BCUT2D eigenvalue weighted by molar-refractivity contribution is 0.500. The van der Waals surface area contributed by atoms with Crippen molar-refractivity contribution in [2.24, 2.45) is 0 Å². The zero-order chi connectivity index (χ0) is 17.7. The van der Waals surface area contributed by atoms with Crippen LogP contribution < -0.4 is 0 Å². The normalized spacial score (nSPS) is 21.9. The quantitative estimate of drug-likeness (QED) is 0.763. The van der Waals surface area contributed by atoms with Crippen molar-refractivity contribution in [3.05, 3.63) is 42.5 Å². The molecule has 8 heteroatoms. The lowest BCUT2D eigenvalue weighted by atomic mass is 10.1. The van der Waals surface area contributed by atoms with Crippen LogP contribution in [0.1, 0.15) is 37.0 Å². The lowest BCUT2D eigenvalue weighted by Gasteiger charge is -2.13. The van der Waals surface area contributed by atoms with Crippen molar-refractivity contribution >= 4 is 9.84 Å². The largest absolute Gasteiger partial charge is 0.345 e. The van der Waals surface area contributed by atoms with E-state index in [-0.39, 0.29) is 17.5 Å². The van der Waals surface area contributed by atoms with E-state index in [9.17, 15) is 8.42 Å². The molecule has 1 atom stereocenters. The van der Waals surface area contributed by atoms with Gasteiger partial charge in [0.25, 0.3) is 0 Å². The molecule has 1 saturated carbocycles. The van der Waals surface area contributed by atoms with Crippen molar-refractivity contribution in [2.75, 3.05) is 11.5 Å². The molecule has 134 valence electrons. The van der Waals surface area contributed by atoms with Crippen LogP contribution in [-0.4, -0.2) is 44.7 Å². The van der Waals surface area contributed by atoms with Crippen molar-refractivity contribution in [3.8, 4) is 22.8 Å². The average Bonchev–Trinajstić information content (AvgIpc) is 3.05. The minimum Gasteiger partial charge on any atom is -0.345 e. The molecule has 3 heterocycles. The molecule has 7 nitrogen and oxygen atoms in total. The van der Waals surface area contributed by atoms with E-state index in [0.29, 0.717) is 12.3 Å². The number of hydrogen-bond acceptors (Lipinski definition) is 5. The van der Waals surface area contributed by atoms with Gasteiger partial charge >= 0.3 is 0 Å². The molecular weight excluding hydrogens is 350 g/mol. The van der Waals surface area contributed by atoms with Crippen LogP contribution in [0.3, 0.4) is 0 Å². The molecule has 0 radical (unpaired) electrons. The van der Waals surface area contributed by atoms with E-state index in [1.807, 2.05) is 28.9 Å². The number of rotatable bonds is 4. The Morgan fingerprint density at radius 1 is 1.12 bits per heavy atom. The van der Waals surface area contributed by atoms with Gasteiger partial charge in [-0.3, -0.25) is 0 Å². The number of nitrogens with zero attached hydrogens (tertiary/aromatic N) is 4. The minimum atomic E-state index is -3.00. The molecule has 1 N–H and O–H groups in total. The van der Waals surface area contributed by atoms with Crippen LogP contribution in [-0.2, 0) is 9.84 Å². The van der Waals surface area contributed by atoms with Crippen molar-refractivity contribution in [3.63, 3.8) is 0 Å². The van der Waals surface area contributed by atoms with E-state index < -0.39 is 9.84 Å². The van der Waals surface area contributed by atoms with Gasteiger partial charge < -0.3 is 4.98 Å². The zero-order valence-electron chi connectivity index (χ0n) is 14.2. The third-order valence-corrected chi connectivity index (χ3v) is 6.82. The molecule has 26 heavy (non-hydrogen) atoms. The molecule has 1 aromatic carbocycles. The molecule has 1 saturated heterocycles. The second kappa shape index (κ2) is 5.77. The summed E-state index contributed by atoms with van der Waals surface area (Å²) in [6.45, 7) is 0. The third kappa shape index (κ3) is 2.74. The summed E-state index contributed by atoms with van der Waals surface area (Å²) >= 11 is 0. The van der Waals surface area contributed by atoms with Crippen LogP contribution in [0.5, 0.6) is 0 Å². The SMILES string of the molecule is O=S1(=O)CCC(n2nc(C3CC3)nc2-c2ccccc2-c2ncc[nH]2)C1. The summed E-state index contributed by atoms with van der Waals surface area (Å²) in [6.07, 6.45) is 6.30. The van der Waals surface area contributed by atoms with E-state index >= 15 is 0 Å². The maximum Gasteiger partial charge on any atom is 0.159 e. The van der Waals surface area contributed by atoms with Gasteiger partial charge in [-0.2, -0.15) is 5.10 Å². The molecule has 0 bridgehead atoms. The van der Waals surface area contributed by atoms with Crippen LogP contribution in [0.2, 0.25) is 0 Å². The number of nitrogens with one attached hydrogen (secondary N) is 1. The number of hydrogen-bond donors (Lipinski definition) is 1. The number of imidazole rings is 1. The molecule has 1 aliphatic heterocycles. The van der Waals surface area contributed by atoms with Gasteiger partial charge in [0.1, 0.15) is 5.82 Å². The van der Waals surface area contributed by atoms with Crippen LogP contribution >= 0.6 is 0 Å². The van der Waals surface area contributed by atoms with Crippen molar-refractivity contribution < 1.29 is 8.42 Å². The van der Waals surface area contributed by atoms with Crippen LogP contribution in [0.15, 0.2) is 36.7 Å². The Kier molecular flexibility index (Phi) is 3.49. The van der Waals surface area contributed by atoms with E-state index in [4.69, 9.17) is 10.1 Å². The molecule has 2 aliphatic rings. The van der Waals surface area contributed by atoms with Gasteiger partial charge in [-0.1, -0.05) is 24.3 Å². The highest BCUT2D eigenvalue weighted by Gasteiger charge is 2.35. The van der Waals surface area contributed by atoms with E-state index in [1.165, 1.54) is 0 Å². The topological polar surface area (TPSA) is 93.5 Å². The van der Waals surface area contributed by atoms with Crippen LogP contribution in [0, 0.1) is 0 Å². The van der Waals surface area contributed by atoms with Crippen molar-refractivity contribution in [2.45, 2.75) is 31.2 Å². The van der Waals surface area contributed by atoms with Gasteiger partial charge in [0, 0.05) is 29.4 Å². The maximum atomic E-state index is 12.0. The fraction of sp³-hybridized carbons (Fsp3) is 0.389. The van der Waals surface area contributed by atoms with Crippen molar-refractivity contribution in [1.82, 2.24) is 24.7 Å². The number of benzene rings is 1. The van der Waals surface area contributed by atoms with Crippen LogP contribution in [0.25, 0.3) is 22.8 Å². The van der Waals surface area contributed by atoms with Gasteiger partial charge in [0.05, 0.1) is 17.5 Å². The zero-order valence-corrected chi connectivity index (χ0v) is 15.0. The standard InChI is InChI=1S/C18H19N5O2S/c24-26(25)10-7-13(11-26)23-18(21-16(22-23)12-5-6-12)15-4-2-1-3-14(15)17-19-8-9-20-17/h1-4,8-9,12-13H,5-7,10-11H2,(H,19,20). The number of sulfone groups is 1. The summed E-state index contributed by atoms with van der Waals surface area (Å²) in [5, 5.41) is 4.73. The Labute approximate surface area is 151 Å². The molecule has 2 aromatic heterocycles. The summed E-state index contributed by atoms with van der Waals surface area (Å²) in [5.74, 6) is 3.09. The fourth-order valence-electron chi connectivity index (χ4n) is 3.56. The average molecular weight is 369 g/mol. The minimum absolute atomic E-state index is 0.135. The van der Waals surface area contributed by atoms with Crippen molar-refractivity contribution in [1.29, 1.82) is 0 Å². The molecule has 0 spiro atoms. The first-order valence-electron chi connectivity index (χ1n) is 8.87. The second-order valence-electron chi connectivity index (χ2n) is 7.05. The Bertz CT molecular complexity index is 1050. The molecule has 5 rings (SSSR count). The number of aromatic amines is 1. The number of H-pyrrole nitrogens is 1. The smallest absolute Gasteiger partial charge is 0.159 e. The predicted octanol–water partition coefficient (Wildman–Crippen LogP) is 2.57. The lowest BCUT2D eigenvalue weighted by Crippen LogP contribution is -2.14. The van der Waals surface area contributed by atoms with E-state index in [0.717, 1.165) is 41.4 Å². The molecule has 1 unspecified atom stereocenters.